The van der Waals surface area contributed by atoms with Gasteiger partial charge in [-0.25, -0.2) is 0 Å². The zero-order valence-corrected chi connectivity index (χ0v) is 13.0. The maximum atomic E-state index is 12.2. The molecule has 4 heteroatoms. The molecule has 2 N–H and O–H groups in total. The fraction of sp³-hybridized carbons (Fsp3) is 0.389. The third-order valence-corrected chi connectivity index (χ3v) is 4.23. The summed E-state index contributed by atoms with van der Waals surface area (Å²) in [5.41, 5.74) is 7.03. The topological polar surface area (TPSA) is 46.1 Å². The molecule has 1 amide bonds. The molecule has 116 valence electrons. The summed E-state index contributed by atoms with van der Waals surface area (Å²) in [6.07, 6.45) is 5.76. The van der Waals surface area contributed by atoms with E-state index in [9.17, 15) is 4.79 Å². The number of para-hydroxylation sites is 1. The number of fused-ring (bicyclic) bond motifs is 1. The lowest BCUT2D eigenvalue weighted by Crippen LogP contribution is -2.35. The number of nitrogens with zero attached hydrogens (tertiary/aromatic N) is 1. The average Bonchev–Trinajstić information content (AvgIpc) is 2.96. The van der Waals surface area contributed by atoms with Crippen LogP contribution in [0.25, 0.3) is 0 Å². The van der Waals surface area contributed by atoms with Crippen LogP contribution in [0.15, 0.2) is 42.6 Å². The van der Waals surface area contributed by atoms with Gasteiger partial charge in [0.1, 0.15) is 0 Å². The third kappa shape index (κ3) is 3.16. The maximum absolute atomic E-state index is 12.2. The molecule has 1 unspecified atom stereocenters. The lowest BCUT2D eigenvalue weighted by atomic mass is 9.87. The van der Waals surface area contributed by atoms with Gasteiger partial charge in [-0.05, 0) is 43.0 Å². The number of benzene rings is 1. The molecule has 1 aromatic carbocycles. The maximum Gasteiger partial charge on any atom is 0.223 e. The van der Waals surface area contributed by atoms with Gasteiger partial charge >= 0.3 is 0 Å². The second kappa shape index (κ2) is 6.69. The van der Waals surface area contributed by atoms with Crippen LogP contribution in [0.4, 0.5) is 5.69 Å². The standard InChI is InChI=1S/C18H23N3O/c1-2-11-19-18(22)15-9-8-14-10-12-21(17(14)13-15)20-16-6-4-3-5-7-16/h3-7,10,12,15,20H,2,8-9,11,13H2,1H3,(H,19,22). The highest BCUT2D eigenvalue weighted by Crippen LogP contribution is 2.27. The van der Waals surface area contributed by atoms with Gasteiger partial charge in [0.05, 0.1) is 5.69 Å². The number of nitrogens with one attached hydrogen (secondary N) is 2. The number of aryl methyl sites for hydroxylation is 1. The van der Waals surface area contributed by atoms with Crippen molar-refractivity contribution < 1.29 is 4.79 Å². The van der Waals surface area contributed by atoms with Crippen molar-refractivity contribution >= 4 is 11.6 Å². The number of carbonyl (C=O) groups excluding carboxylic acids is 1. The Morgan fingerprint density at radius 3 is 2.86 bits per heavy atom. The van der Waals surface area contributed by atoms with Crippen LogP contribution in [-0.4, -0.2) is 17.1 Å². The number of rotatable bonds is 5. The number of hydrogen-bond acceptors (Lipinski definition) is 2. The van der Waals surface area contributed by atoms with Gasteiger partial charge in [0.2, 0.25) is 5.91 Å². The molecule has 2 aromatic rings. The summed E-state index contributed by atoms with van der Waals surface area (Å²) in [4.78, 5) is 12.2. The van der Waals surface area contributed by atoms with Crippen molar-refractivity contribution in [2.24, 2.45) is 5.92 Å². The number of hydrogen-bond donors (Lipinski definition) is 2. The lowest BCUT2D eigenvalue weighted by molar-refractivity contribution is -0.125. The highest BCUT2D eigenvalue weighted by Gasteiger charge is 2.26. The summed E-state index contributed by atoms with van der Waals surface area (Å²) >= 11 is 0. The number of aromatic nitrogens is 1. The van der Waals surface area contributed by atoms with Gasteiger partial charge in [0.15, 0.2) is 0 Å². The Labute approximate surface area is 131 Å². The molecule has 1 aromatic heterocycles. The van der Waals surface area contributed by atoms with Gasteiger partial charge in [-0.3, -0.25) is 14.9 Å². The van der Waals surface area contributed by atoms with Gasteiger partial charge in [0.25, 0.3) is 0 Å². The number of amides is 1. The van der Waals surface area contributed by atoms with Crippen LogP contribution in [0.2, 0.25) is 0 Å². The highest BCUT2D eigenvalue weighted by atomic mass is 16.1. The summed E-state index contributed by atoms with van der Waals surface area (Å²) in [6.45, 7) is 2.85. The van der Waals surface area contributed by atoms with Crippen molar-refractivity contribution in [1.82, 2.24) is 9.99 Å². The van der Waals surface area contributed by atoms with Crippen molar-refractivity contribution in [3.05, 3.63) is 53.9 Å². The molecule has 0 fully saturated rings. The van der Waals surface area contributed by atoms with Crippen LogP contribution in [0.5, 0.6) is 0 Å². The minimum absolute atomic E-state index is 0.0882. The first-order valence-corrected chi connectivity index (χ1v) is 8.07. The summed E-state index contributed by atoms with van der Waals surface area (Å²) in [5.74, 6) is 0.283. The van der Waals surface area contributed by atoms with Gasteiger partial charge in [-0.2, -0.15) is 0 Å². The Balaban J connectivity index is 1.73. The van der Waals surface area contributed by atoms with Crippen molar-refractivity contribution in [1.29, 1.82) is 0 Å². The smallest absolute Gasteiger partial charge is 0.223 e. The molecule has 1 aliphatic rings. The Kier molecular flexibility index (Phi) is 4.47. The lowest BCUT2D eigenvalue weighted by Gasteiger charge is -2.24. The van der Waals surface area contributed by atoms with Crippen LogP contribution in [-0.2, 0) is 17.6 Å². The second-order valence-electron chi connectivity index (χ2n) is 5.87. The van der Waals surface area contributed by atoms with Crippen molar-refractivity contribution in [3.8, 4) is 0 Å². The first kappa shape index (κ1) is 14.7. The third-order valence-electron chi connectivity index (χ3n) is 4.23. The van der Waals surface area contributed by atoms with Crippen molar-refractivity contribution in [2.75, 3.05) is 12.0 Å². The van der Waals surface area contributed by atoms with E-state index < -0.39 is 0 Å². The van der Waals surface area contributed by atoms with E-state index in [0.29, 0.717) is 0 Å². The summed E-state index contributed by atoms with van der Waals surface area (Å²) in [6, 6.07) is 12.3. The molecule has 22 heavy (non-hydrogen) atoms. The summed E-state index contributed by atoms with van der Waals surface area (Å²) in [5, 5.41) is 3.03. The fourth-order valence-electron chi connectivity index (χ4n) is 3.00. The van der Waals surface area contributed by atoms with Crippen LogP contribution < -0.4 is 10.7 Å². The molecular weight excluding hydrogens is 274 g/mol. The zero-order chi connectivity index (χ0) is 15.4. The summed E-state index contributed by atoms with van der Waals surface area (Å²) in [7, 11) is 0. The molecule has 0 saturated carbocycles. The van der Waals surface area contributed by atoms with Crippen LogP contribution in [0.1, 0.15) is 31.0 Å². The molecular formula is C18H23N3O. The minimum Gasteiger partial charge on any atom is -0.356 e. The molecule has 0 radical (unpaired) electrons. The van der Waals surface area contributed by atoms with E-state index in [1.54, 1.807) is 0 Å². The quantitative estimate of drug-likeness (QED) is 0.891. The van der Waals surface area contributed by atoms with E-state index in [1.807, 2.05) is 30.3 Å². The highest BCUT2D eigenvalue weighted by molar-refractivity contribution is 5.79. The van der Waals surface area contributed by atoms with E-state index in [0.717, 1.165) is 37.9 Å². The number of anilines is 1. The normalized spacial score (nSPS) is 16.9. The Hall–Kier alpha value is -2.23. The van der Waals surface area contributed by atoms with Crippen LogP contribution >= 0.6 is 0 Å². The predicted molar refractivity (Wildman–Crippen MR) is 88.7 cm³/mol. The average molecular weight is 297 g/mol. The van der Waals surface area contributed by atoms with Crippen molar-refractivity contribution in [3.63, 3.8) is 0 Å². The fourth-order valence-corrected chi connectivity index (χ4v) is 3.00. The first-order chi connectivity index (χ1) is 10.8. The molecule has 0 aliphatic heterocycles. The van der Waals surface area contributed by atoms with E-state index >= 15 is 0 Å². The van der Waals surface area contributed by atoms with E-state index in [2.05, 4.69) is 34.6 Å². The second-order valence-corrected chi connectivity index (χ2v) is 5.87. The molecule has 0 saturated heterocycles. The Morgan fingerprint density at radius 2 is 2.09 bits per heavy atom. The summed E-state index contributed by atoms with van der Waals surface area (Å²) < 4.78 is 2.06. The molecule has 0 spiro atoms. The van der Waals surface area contributed by atoms with E-state index in [1.165, 1.54) is 11.3 Å². The van der Waals surface area contributed by atoms with Crippen LogP contribution in [0.3, 0.4) is 0 Å². The van der Waals surface area contributed by atoms with Gasteiger partial charge in [0, 0.05) is 30.8 Å². The Bertz CT molecular complexity index is 633. The van der Waals surface area contributed by atoms with Gasteiger partial charge in [-0.1, -0.05) is 25.1 Å². The zero-order valence-electron chi connectivity index (χ0n) is 13.0. The minimum atomic E-state index is 0.0882. The predicted octanol–water partition coefficient (Wildman–Crippen LogP) is 2.99. The Morgan fingerprint density at radius 1 is 1.27 bits per heavy atom. The molecule has 0 bridgehead atoms. The molecule has 3 rings (SSSR count). The largest absolute Gasteiger partial charge is 0.356 e. The van der Waals surface area contributed by atoms with Crippen LogP contribution in [0, 0.1) is 5.92 Å². The molecule has 1 heterocycles. The first-order valence-electron chi connectivity index (χ1n) is 8.07. The monoisotopic (exact) mass is 297 g/mol. The molecule has 1 atom stereocenters. The van der Waals surface area contributed by atoms with E-state index in [-0.39, 0.29) is 11.8 Å². The SMILES string of the molecule is CCCNC(=O)C1CCc2ccn(Nc3ccccc3)c2C1. The van der Waals surface area contributed by atoms with Crippen molar-refractivity contribution in [2.45, 2.75) is 32.6 Å². The van der Waals surface area contributed by atoms with Gasteiger partial charge < -0.3 is 5.32 Å². The molecule has 4 nitrogen and oxygen atoms in total. The van der Waals surface area contributed by atoms with Gasteiger partial charge in [-0.15, -0.1) is 0 Å². The number of carbonyl (C=O) groups is 1. The molecule has 1 aliphatic carbocycles. The van der Waals surface area contributed by atoms with E-state index in [4.69, 9.17) is 0 Å².